The Kier molecular flexibility index (Phi) is 3.68. The summed E-state index contributed by atoms with van der Waals surface area (Å²) in [4.78, 5) is 26.3. The highest BCUT2D eigenvalue weighted by Gasteiger charge is 2.45. The van der Waals surface area contributed by atoms with E-state index in [0.29, 0.717) is 6.54 Å². The molecule has 1 rings (SSSR count). The van der Waals surface area contributed by atoms with Gasteiger partial charge in [0.2, 0.25) is 0 Å². The first kappa shape index (κ1) is 12.0. The van der Waals surface area contributed by atoms with E-state index >= 15 is 0 Å². The van der Waals surface area contributed by atoms with Gasteiger partial charge in [-0.2, -0.15) is 0 Å². The lowest BCUT2D eigenvalue weighted by atomic mass is 10.0. The molecule has 1 fully saturated rings. The van der Waals surface area contributed by atoms with Gasteiger partial charge in [0, 0.05) is 13.1 Å². The first-order valence-corrected chi connectivity index (χ1v) is 5.27. The van der Waals surface area contributed by atoms with Crippen molar-refractivity contribution in [2.45, 2.75) is 26.8 Å². The summed E-state index contributed by atoms with van der Waals surface area (Å²) < 4.78 is 0. The molecule has 0 spiro atoms. The van der Waals surface area contributed by atoms with Gasteiger partial charge in [0.05, 0.1) is 6.61 Å². The SMILES string of the molecule is CCN1C(=O)C(C(C)C)N(CCO)C1=O. The molecule has 1 heterocycles. The van der Waals surface area contributed by atoms with Gasteiger partial charge in [-0.3, -0.25) is 9.69 Å². The number of rotatable bonds is 4. The van der Waals surface area contributed by atoms with Gasteiger partial charge in [0.1, 0.15) is 6.04 Å². The van der Waals surface area contributed by atoms with Crippen molar-refractivity contribution in [2.24, 2.45) is 5.92 Å². The van der Waals surface area contributed by atoms with Gasteiger partial charge in [0.15, 0.2) is 0 Å². The highest BCUT2D eigenvalue weighted by atomic mass is 16.3. The van der Waals surface area contributed by atoms with Crippen LogP contribution in [0.4, 0.5) is 4.79 Å². The van der Waals surface area contributed by atoms with Crippen LogP contribution in [-0.2, 0) is 4.79 Å². The van der Waals surface area contributed by atoms with E-state index in [9.17, 15) is 9.59 Å². The second-order valence-electron chi connectivity index (χ2n) is 3.97. The Bertz CT molecular complexity index is 265. The summed E-state index contributed by atoms with van der Waals surface area (Å²) in [7, 11) is 0. The number of imide groups is 1. The number of likely N-dealkylation sites (N-methyl/N-ethyl adjacent to an activating group) is 1. The minimum Gasteiger partial charge on any atom is -0.395 e. The predicted octanol–water partition coefficient (Wildman–Crippen LogP) is 0.287. The van der Waals surface area contributed by atoms with Gasteiger partial charge >= 0.3 is 6.03 Å². The van der Waals surface area contributed by atoms with Gasteiger partial charge in [-0.25, -0.2) is 4.79 Å². The third-order valence-electron chi connectivity index (χ3n) is 2.62. The summed E-state index contributed by atoms with van der Waals surface area (Å²) in [5.41, 5.74) is 0. The molecular weight excluding hydrogens is 196 g/mol. The molecule has 0 saturated carbocycles. The zero-order valence-electron chi connectivity index (χ0n) is 9.43. The molecule has 1 N–H and O–H groups in total. The van der Waals surface area contributed by atoms with Crippen LogP contribution < -0.4 is 0 Å². The second-order valence-corrected chi connectivity index (χ2v) is 3.97. The van der Waals surface area contributed by atoms with Crippen LogP contribution in [0.5, 0.6) is 0 Å². The minimum absolute atomic E-state index is 0.0737. The normalized spacial score (nSPS) is 22.1. The number of amides is 3. The van der Waals surface area contributed by atoms with E-state index in [4.69, 9.17) is 5.11 Å². The van der Waals surface area contributed by atoms with E-state index in [0.717, 1.165) is 0 Å². The smallest absolute Gasteiger partial charge is 0.327 e. The molecule has 5 heteroatoms. The first-order valence-electron chi connectivity index (χ1n) is 5.27. The molecule has 15 heavy (non-hydrogen) atoms. The lowest BCUT2D eigenvalue weighted by Crippen LogP contribution is -2.40. The van der Waals surface area contributed by atoms with Gasteiger partial charge in [0.25, 0.3) is 5.91 Å². The molecule has 0 radical (unpaired) electrons. The Morgan fingerprint density at radius 1 is 1.40 bits per heavy atom. The lowest BCUT2D eigenvalue weighted by Gasteiger charge is -2.23. The maximum atomic E-state index is 11.9. The Morgan fingerprint density at radius 2 is 2.00 bits per heavy atom. The molecule has 0 aromatic carbocycles. The van der Waals surface area contributed by atoms with Crippen LogP contribution in [0.25, 0.3) is 0 Å². The van der Waals surface area contributed by atoms with Crippen molar-refractivity contribution in [3.63, 3.8) is 0 Å². The Hall–Kier alpha value is -1.10. The zero-order chi connectivity index (χ0) is 11.6. The molecule has 1 aliphatic rings. The number of hydrogen-bond donors (Lipinski definition) is 1. The van der Waals surface area contributed by atoms with Crippen LogP contribution in [-0.4, -0.2) is 52.6 Å². The maximum absolute atomic E-state index is 11.9. The second kappa shape index (κ2) is 4.61. The number of carbonyl (C=O) groups is 2. The van der Waals surface area contributed by atoms with Gasteiger partial charge < -0.3 is 10.0 Å². The Balaban J connectivity index is 2.92. The first-order chi connectivity index (χ1) is 7.04. The standard InChI is InChI=1S/C10H18N2O3/c1-4-11-9(14)8(7(2)3)12(5-6-13)10(11)15/h7-8,13H,4-6H2,1-3H3. The topological polar surface area (TPSA) is 60.9 Å². The maximum Gasteiger partial charge on any atom is 0.327 e. The summed E-state index contributed by atoms with van der Waals surface area (Å²) in [6.07, 6.45) is 0. The van der Waals surface area contributed by atoms with E-state index in [1.807, 2.05) is 13.8 Å². The van der Waals surface area contributed by atoms with Crippen LogP contribution >= 0.6 is 0 Å². The number of β-amino-alcohol motifs (C(OH)–C–C–N with tert-alkyl or cyclic N) is 1. The fourth-order valence-electron chi connectivity index (χ4n) is 1.94. The average Bonchev–Trinajstić information content (AvgIpc) is 2.39. The third-order valence-corrected chi connectivity index (χ3v) is 2.62. The molecule has 0 aromatic heterocycles. The summed E-state index contributed by atoms with van der Waals surface area (Å²) in [6.45, 7) is 6.08. The van der Waals surface area contributed by atoms with Crippen LogP contribution in [0.1, 0.15) is 20.8 Å². The van der Waals surface area contributed by atoms with Crippen molar-refractivity contribution < 1.29 is 14.7 Å². The molecular formula is C10H18N2O3. The van der Waals surface area contributed by atoms with E-state index in [1.54, 1.807) is 6.92 Å². The van der Waals surface area contributed by atoms with Crippen molar-refractivity contribution in [3.05, 3.63) is 0 Å². The molecule has 0 aliphatic carbocycles. The molecule has 0 aromatic rings. The number of nitrogens with zero attached hydrogens (tertiary/aromatic N) is 2. The van der Waals surface area contributed by atoms with Crippen LogP contribution in [0, 0.1) is 5.92 Å². The summed E-state index contributed by atoms with van der Waals surface area (Å²) >= 11 is 0. The van der Waals surface area contributed by atoms with Crippen LogP contribution in [0.15, 0.2) is 0 Å². The monoisotopic (exact) mass is 214 g/mol. The lowest BCUT2D eigenvalue weighted by molar-refractivity contribution is -0.129. The summed E-state index contributed by atoms with van der Waals surface area (Å²) in [6, 6.07) is -0.695. The highest BCUT2D eigenvalue weighted by Crippen LogP contribution is 2.22. The Labute approximate surface area is 89.7 Å². The van der Waals surface area contributed by atoms with Gasteiger partial charge in [-0.1, -0.05) is 13.8 Å². The van der Waals surface area contributed by atoms with Gasteiger partial charge in [-0.05, 0) is 12.8 Å². The number of carbonyl (C=O) groups excluding carboxylic acids is 2. The van der Waals surface area contributed by atoms with E-state index in [1.165, 1.54) is 9.80 Å². The third kappa shape index (κ3) is 1.97. The van der Waals surface area contributed by atoms with Crippen molar-refractivity contribution in [1.82, 2.24) is 9.80 Å². The number of aliphatic hydroxyl groups is 1. The predicted molar refractivity (Wildman–Crippen MR) is 55.2 cm³/mol. The molecule has 1 saturated heterocycles. The summed E-state index contributed by atoms with van der Waals surface area (Å²) in [5.74, 6) is -0.0736. The number of aliphatic hydroxyl groups excluding tert-OH is 1. The zero-order valence-corrected chi connectivity index (χ0v) is 9.43. The van der Waals surface area contributed by atoms with E-state index in [-0.39, 0.29) is 31.0 Å². The molecule has 1 atom stereocenters. The van der Waals surface area contributed by atoms with Crippen molar-refractivity contribution in [1.29, 1.82) is 0 Å². The van der Waals surface area contributed by atoms with Crippen molar-refractivity contribution >= 4 is 11.9 Å². The fraction of sp³-hybridized carbons (Fsp3) is 0.800. The van der Waals surface area contributed by atoms with Crippen molar-refractivity contribution in [3.8, 4) is 0 Å². The van der Waals surface area contributed by atoms with E-state index in [2.05, 4.69) is 0 Å². The number of hydrogen-bond acceptors (Lipinski definition) is 3. The van der Waals surface area contributed by atoms with Gasteiger partial charge in [-0.15, -0.1) is 0 Å². The molecule has 86 valence electrons. The van der Waals surface area contributed by atoms with E-state index < -0.39 is 6.04 Å². The van der Waals surface area contributed by atoms with Crippen LogP contribution in [0.3, 0.4) is 0 Å². The molecule has 1 aliphatic heterocycles. The van der Waals surface area contributed by atoms with Crippen LogP contribution in [0.2, 0.25) is 0 Å². The molecule has 0 bridgehead atoms. The molecule has 5 nitrogen and oxygen atoms in total. The number of urea groups is 1. The fourth-order valence-corrected chi connectivity index (χ4v) is 1.94. The largest absolute Gasteiger partial charge is 0.395 e. The molecule has 3 amide bonds. The van der Waals surface area contributed by atoms with Crippen molar-refractivity contribution in [2.75, 3.05) is 19.7 Å². The minimum atomic E-state index is -0.412. The highest BCUT2D eigenvalue weighted by molar-refractivity contribution is 6.04. The average molecular weight is 214 g/mol. The summed E-state index contributed by atoms with van der Waals surface area (Å²) in [5, 5.41) is 8.87. The Morgan fingerprint density at radius 3 is 2.40 bits per heavy atom. The quantitative estimate of drug-likeness (QED) is 0.684. The molecule has 1 unspecified atom stereocenters.